The molecule has 0 aromatic carbocycles. The Labute approximate surface area is 84.5 Å². The van der Waals surface area contributed by atoms with Gasteiger partial charge >= 0.3 is 0 Å². The molecule has 0 radical (unpaired) electrons. The van der Waals surface area contributed by atoms with Crippen molar-refractivity contribution in [3.63, 3.8) is 0 Å². The first-order valence-electron chi connectivity index (χ1n) is 4.78. The molecule has 0 atom stereocenters. The first kappa shape index (κ1) is 10.7. The van der Waals surface area contributed by atoms with Crippen LogP contribution in [-0.2, 0) is 6.54 Å². The van der Waals surface area contributed by atoms with E-state index in [1.165, 1.54) is 6.20 Å². The Kier molecular flexibility index (Phi) is 4.72. The zero-order valence-electron chi connectivity index (χ0n) is 8.40. The monoisotopic (exact) mass is 192 g/mol. The number of pyridine rings is 1. The maximum Gasteiger partial charge on any atom is 0.133 e. The van der Waals surface area contributed by atoms with E-state index in [1.807, 2.05) is 19.1 Å². The fourth-order valence-electron chi connectivity index (χ4n) is 1.09. The third-order valence-electron chi connectivity index (χ3n) is 1.84. The van der Waals surface area contributed by atoms with E-state index in [1.54, 1.807) is 6.07 Å². The lowest BCUT2D eigenvalue weighted by Crippen LogP contribution is -2.14. The van der Waals surface area contributed by atoms with Crippen LogP contribution in [0.4, 0.5) is 0 Å². The van der Waals surface area contributed by atoms with Crippen LogP contribution in [0.25, 0.3) is 0 Å². The lowest BCUT2D eigenvalue weighted by Gasteiger charge is -2.01. The van der Waals surface area contributed by atoms with E-state index >= 15 is 0 Å². The zero-order valence-corrected chi connectivity index (χ0v) is 8.40. The highest BCUT2D eigenvalue weighted by Gasteiger charge is 1.93. The summed E-state index contributed by atoms with van der Waals surface area (Å²) in [5.74, 6) is 0.211. The molecule has 0 amide bonds. The Morgan fingerprint density at radius 2 is 2.36 bits per heavy atom. The fraction of sp³-hybridized carbons (Fsp3) is 0.364. The molecule has 76 valence electrons. The lowest BCUT2D eigenvalue weighted by atomic mass is 10.3. The molecule has 3 heteroatoms. The zero-order chi connectivity index (χ0) is 10.2. The molecule has 0 spiro atoms. The summed E-state index contributed by atoms with van der Waals surface area (Å²) < 4.78 is 0. The van der Waals surface area contributed by atoms with Gasteiger partial charge in [0.2, 0.25) is 0 Å². The third kappa shape index (κ3) is 4.05. The molecule has 0 fully saturated rings. The number of aromatic nitrogens is 1. The molecular weight excluding hydrogens is 176 g/mol. The molecule has 2 N–H and O–H groups in total. The Balaban J connectivity index is 2.21. The predicted octanol–water partition coefficient (Wildman–Crippen LogP) is 1.84. The quantitative estimate of drug-likeness (QED) is 0.552. The Bertz CT molecular complexity index is 280. The minimum atomic E-state index is 0.211. The number of hydrogen-bond acceptors (Lipinski definition) is 3. The highest BCUT2D eigenvalue weighted by atomic mass is 16.3. The standard InChI is InChI=1S/C11H16N2O/c1-2-3-4-7-12-8-10-5-6-11(14)9-13-10/h2-3,5-6,9,12,14H,4,7-8H2,1H3/b3-2+. The van der Waals surface area contributed by atoms with Crippen molar-refractivity contribution in [2.75, 3.05) is 6.54 Å². The van der Waals surface area contributed by atoms with Gasteiger partial charge in [-0.3, -0.25) is 4.98 Å². The summed E-state index contributed by atoms with van der Waals surface area (Å²) in [4.78, 5) is 4.07. The fourth-order valence-corrected chi connectivity index (χ4v) is 1.09. The summed E-state index contributed by atoms with van der Waals surface area (Å²) in [6, 6.07) is 3.47. The van der Waals surface area contributed by atoms with Crippen LogP contribution >= 0.6 is 0 Å². The third-order valence-corrected chi connectivity index (χ3v) is 1.84. The van der Waals surface area contributed by atoms with E-state index in [0.717, 1.165) is 25.2 Å². The van der Waals surface area contributed by atoms with Gasteiger partial charge in [-0.25, -0.2) is 0 Å². The molecule has 0 saturated heterocycles. The Hall–Kier alpha value is -1.35. The van der Waals surface area contributed by atoms with Crippen molar-refractivity contribution in [3.05, 3.63) is 36.2 Å². The molecule has 0 aliphatic heterocycles. The second kappa shape index (κ2) is 6.16. The van der Waals surface area contributed by atoms with E-state index in [-0.39, 0.29) is 5.75 Å². The normalized spacial score (nSPS) is 10.9. The highest BCUT2D eigenvalue weighted by Crippen LogP contribution is 2.05. The van der Waals surface area contributed by atoms with Gasteiger partial charge in [-0.15, -0.1) is 0 Å². The largest absolute Gasteiger partial charge is 0.506 e. The van der Waals surface area contributed by atoms with Gasteiger partial charge in [0.1, 0.15) is 5.75 Å². The van der Waals surface area contributed by atoms with Gasteiger partial charge in [0, 0.05) is 6.54 Å². The minimum absolute atomic E-state index is 0.211. The minimum Gasteiger partial charge on any atom is -0.506 e. The van der Waals surface area contributed by atoms with Crippen LogP contribution in [-0.4, -0.2) is 16.6 Å². The maximum absolute atomic E-state index is 9.01. The average molecular weight is 192 g/mol. The first-order valence-corrected chi connectivity index (χ1v) is 4.78. The molecule has 3 nitrogen and oxygen atoms in total. The molecule has 0 aliphatic rings. The van der Waals surface area contributed by atoms with Gasteiger partial charge in [0.25, 0.3) is 0 Å². The van der Waals surface area contributed by atoms with Crippen LogP contribution in [0.2, 0.25) is 0 Å². The molecule has 1 heterocycles. The van der Waals surface area contributed by atoms with E-state index in [4.69, 9.17) is 5.11 Å². The van der Waals surface area contributed by atoms with Crippen molar-refractivity contribution < 1.29 is 5.11 Å². The van der Waals surface area contributed by atoms with Crippen LogP contribution < -0.4 is 5.32 Å². The number of aromatic hydroxyl groups is 1. The van der Waals surface area contributed by atoms with Crippen molar-refractivity contribution in [3.8, 4) is 5.75 Å². The van der Waals surface area contributed by atoms with Gasteiger partial charge in [-0.1, -0.05) is 12.2 Å². The first-order chi connectivity index (χ1) is 6.83. The van der Waals surface area contributed by atoms with Crippen LogP contribution in [0.3, 0.4) is 0 Å². The molecule has 1 rings (SSSR count). The van der Waals surface area contributed by atoms with E-state index < -0.39 is 0 Å². The Morgan fingerprint density at radius 3 is 3.00 bits per heavy atom. The second-order valence-electron chi connectivity index (χ2n) is 3.04. The SMILES string of the molecule is C/C=C/CCNCc1ccc(O)cn1. The maximum atomic E-state index is 9.01. The van der Waals surface area contributed by atoms with Crippen LogP contribution in [0.5, 0.6) is 5.75 Å². The van der Waals surface area contributed by atoms with Gasteiger partial charge in [-0.05, 0) is 32.0 Å². The molecular formula is C11H16N2O. The van der Waals surface area contributed by atoms with Gasteiger partial charge in [0.05, 0.1) is 11.9 Å². The van der Waals surface area contributed by atoms with E-state index in [2.05, 4.69) is 16.4 Å². The average Bonchev–Trinajstić information content (AvgIpc) is 2.21. The van der Waals surface area contributed by atoms with Crippen molar-refractivity contribution in [2.24, 2.45) is 0 Å². The van der Waals surface area contributed by atoms with E-state index in [9.17, 15) is 0 Å². The van der Waals surface area contributed by atoms with Crippen LogP contribution in [0.15, 0.2) is 30.5 Å². The number of allylic oxidation sites excluding steroid dienone is 1. The molecule has 0 unspecified atom stereocenters. The lowest BCUT2D eigenvalue weighted by molar-refractivity contribution is 0.471. The van der Waals surface area contributed by atoms with Crippen LogP contribution in [0, 0.1) is 0 Å². The molecule has 0 aliphatic carbocycles. The number of rotatable bonds is 5. The summed E-state index contributed by atoms with van der Waals surface area (Å²) in [6.45, 7) is 3.71. The Morgan fingerprint density at radius 1 is 1.50 bits per heavy atom. The molecule has 14 heavy (non-hydrogen) atoms. The number of nitrogens with zero attached hydrogens (tertiary/aromatic N) is 1. The second-order valence-corrected chi connectivity index (χ2v) is 3.04. The van der Waals surface area contributed by atoms with Crippen LogP contribution in [0.1, 0.15) is 19.0 Å². The molecule has 1 aromatic heterocycles. The molecule has 0 bridgehead atoms. The van der Waals surface area contributed by atoms with Gasteiger partial charge < -0.3 is 10.4 Å². The number of hydrogen-bond donors (Lipinski definition) is 2. The summed E-state index contributed by atoms with van der Waals surface area (Å²) >= 11 is 0. The molecule has 0 saturated carbocycles. The van der Waals surface area contributed by atoms with Crippen molar-refractivity contribution in [1.82, 2.24) is 10.3 Å². The van der Waals surface area contributed by atoms with Crippen molar-refractivity contribution in [2.45, 2.75) is 19.9 Å². The summed E-state index contributed by atoms with van der Waals surface area (Å²) in [7, 11) is 0. The van der Waals surface area contributed by atoms with E-state index in [0.29, 0.717) is 0 Å². The van der Waals surface area contributed by atoms with Crippen molar-refractivity contribution >= 4 is 0 Å². The summed E-state index contributed by atoms with van der Waals surface area (Å²) in [5, 5.41) is 12.3. The highest BCUT2D eigenvalue weighted by molar-refractivity contribution is 5.17. The molecule has 1 aromatic rings. The van der Waals surface area contributed by atoms with Gasteiger partial charge in [-0.2, -0.15) is 0 Å². The van der Waals surface area contributed by atoms with Crippen molar-refractivity contribution in [1.29, 1.82) is 0 Å². The smallest absolute Gasteiger partial charge is 0.133 e. The predicted molar refractivity (Wildman–Crippen MR) is 57.0 cm³/mol. The summed E-state index contributed by atoms with van der Waals surface area (Å²) in [6.07, 6.45) is 6.66. The topological polar surface area (TPSA) is 45.1 Å². The number of nitrogens with one attached hydrogen (secondary N) is 1. The summed E-state index contributed by atoms with van der Waals surface area (Å²) in [5.41, 5.74) is 0.947. The van der Waals surface area contributed by atoms with Gasteiger partial charge in [0.15, 0.2) is 0 Å².